The van der Waals surface area contributed by atoms with E-state index >= 15 is 0 Å². The van der Waals surface area contributed by atoms with E-state index in [2.05, 4.69) is 15.6 Å². The average Bonchev–Trinajstić information content (AvgIpc) is 2.86. The van der Waals surface area contributed by atoms with Gasteiger partial charge in [0.15, 0.2) is 0 Å². The number of aliphatic hydroxyl groups is 1. The van der Waals surface area contributed by atoms with E-state index in [4.69, 9.17) is 0 Å². The molecule has 2 rings (SSSR count). The zero-order valence-electron chi connectivity index (χ0n) is 11.6. The van der Waals surface area contributed by atoms with Gasteiger partial charge in [-0.1, -0.05) is 0 Å². The van der Waals surface area contributed by atoms with Gasteiger partial charge in [0.25, 0.3) is 5.91 Å². The van der Waals surface area contributed by atoms with Crippen LogP contribution >= 0.6 is 0 Å². The summed E-state index contributed by atoms with van der Waals surface area (Å²) < 4.78 is 13.1. The van der Waals surface area contributed by atoms with Crippen LogP contribution in [0.3, 0.4) is 0 Å². The highest BCUT2D eigenvalue weighted by molar-refractivity contribution is 6.00. The summed E-state index contributed by atoms with van der Waals surface area (Å²) in [6.07, 6.45) is -1.05. The molecule has 0 unspecified atom stereocenters. The number of hydrogen-bond donors (Lipinski definition) is 4. The van der Waals surface area contributed by atoms with Crippen LogP contribution in [0.15, 0.2) is 24.3 Å². The Morgan fingerprint density at radius 1 is 1.33 bits per heavy atom. The van der Waals surface area contributed by atoms with Crippen LogP contribution in [-0.4, -0.2) is 41.1 Å². The van der Waals surface area contributed by atoms with E-state index in [0.717, 1.165) is 0 Å². The Labute approximate surface area is 120 Å². The second-order valence-corrected chi connectivity index (χ2v) is 4.72. The average molecular weight is 293 g/mol. The highest BCUT2D eigenvalue weighted by Gasteiger charge is 2.25. The number of halogens is 1. The van der Waals surface area contributed by atoms with Gasteiger partial charge in [-0.3, -0.25) is 9.59 Å². The van der Waals surface area contributed by atoms with Gasteiger partial charge in [-0.05, 0) is 31.2 Å². The zero-order chi connectivity index (χ0) is 15.6. The lowest BCUT2D eigenvalue weighted by atomic mass is 10.1. The first-order valence-electron chi connectivity index (χ1n) is 6.41. The lowest BCUT2D eigenvalue weighted by Crippen LogP contribution is -2.51. The molecule has 0 saturated carbocycles. The molecule has 0 aliphatic heterocycles. The van der Waals surface area contributed by atoms with Crippen molar-refractivity contribution >= 4 is 22.7 Å². The van der Waals surface area contributed by atoms with Crippen molar-refractivity contribution in [3.63, 3.8) is 0 Å². The topological polar surface area (TPSA) is 94.2 Å². The first-order valence-corrected chi connectivity index (χ1v) is 6.41. The molecule has 2 amide bonds. The summed E-state index contributed by atoms with van der Waals surface area (Å²) in [6, 6.07) is 4.52. The highest BCUT2D eigenvalue weighted by Crippen LogP contribution is 2.16. The van der Waals surface area contributed by atoms with Crippen LogP contribution in [0.25, 0.3) is 10.9 Å². The van der Waals surface area contributed by atoms with Crippen molar-refractivity contribution in [2.75, 3.05) is 7.05 Å². The van der Waals surface area contributed by atoms with Gasteiger partial charge in [0, 0.05) is 18.0 Å². The van der Waals surface area contributed by atoms with Crippen molar-refractivity contribution in [1.29, 1.82) is 0 Å². The summed E-state index contributed by atoms with van der Waals surface area (Å²) in [6.45, 7) is 1.40. The second kappa shape index (κ2) is 5.92. The molecule has 0 bridgehead atoms. The maximum absolute atomic E-state index is 13.1. The number of benzene rings is 1. The van der Waals surface area contributed by atoms with Gasteiger partial charge in [-0.25, -0.2) is 4.39 Å². The van der Waals surface area contributed by atoms with E-state index in [1.165, 1.54) is 38.2 Å². The van der Waals surface area contributed by atoms with Gasteiger partial charge < -0.3 is 20.7 Å². The van der Waals surface area contributed by atoms with Gasteiger partial charge in [-0.2, -0.15) is 0 Å². The van der Waals surface area contributed by atoms with Crippen molar-refractivity contribution in [3.8, 4) is 0 Å². The number of amides is 2. The number of likely N-dealkylation sites (N-methyl/N-ethyl adjacent to an activating group) is 1. The summed E-state index contributed by atoms with van der Waals surface area (Å²) in [5.74, 6) is -1.46. The van der Waals surface area contributed by atoms with Crippen LogP contribution in [-0.2, 0) is 4.79 Å². The number of rotatable bonds is 4. The molecule has 0 fully saturated rings. The predicted octanol–water partition coefficient (Wildman–Crippen LogP) is 0.532. The van der Waals surface area contributed by atoms with E-state index < -0.39 is 29.8 Å². The number of nitrogens with one attached hydrogen (secondary N) is 3. The van der Waals surface area contributed by atoms with Gasteiger partial charge in [-0.15, -0.1) is 0 Å². The number of aliphatic hydroxyl groups excluding tert-OH is 1. The van der Waals surface area contributed by atoms with Crippen molar-refractivity contribution in [3.05, 3.63) is 35.8 Å². The largest absolute Gasteiger partial charge is 0.391 e. The number of fused-ring (bicyclic) bond motifs is 1. The van der Waals surface area contributed by atoms with Crippen LogP contribution in [0.2, 0.25) is 0 Å². The summed E-state index contributed by atoms with van der Waals surface area (Å²) >= 11 is 0. The van der Waals surface area contributed by atoms with Gasteiger partial charge in [0.1, 0.15) is 17.6 Å². The van der Waals surface area contributed by atoms with Crippen molar-refractivity contribution in [2.24, 2.45) is 0 Å². The van der Waals surface area contributed by atoms with Gasteiger partial charge in [0.2, 0.25) is 5.91 Å². The lowest BCUT2D eigenvalue weighted by Gasteiger charge is -2.19. The second-order valence-electron chi connectivity index (χ2n) is 4.72. The van der Waals surface area contributed by atoms with Crippen molar-refractivity contribution < 1.29 is 19.1 Å². The van der Waals surface area contributed by atoms with Crippen LogP contribution in [0.4, 0.5) is 4.39 Å². The standard InChI is InChI=1S/C14H16FN3O3/c1-7(19)12(14(21)16-2)18-13(20)11-6-8-5-9(15)3-4-10(8)17-11/h3-7,12,17,19H,1-2H3,(H,16,21)(H,18,20)/t7-,12+/m1/s1. The van der Waals surface area contributed by atoms with E-state index in [9.17, 15) is 19.1 Å². The number of aromatic amines is 1. The normalized spacial score (nSPS) is 13.7. The molecule has 2 aromatic rings. The molecule has 21 heavy (non-hydrogen) atoms. The van der Waals surface area contributed by atoms with E-state index in [0.29, 0.717) is 10.9 Å². The van der Waals surface area contributed by atoms with E-state index in [-0.39, 0.29) is 5.69 Å². The number of H-pyrrole nitrogens is 1. The van der Waals surface area contributed by atoms with E-state index in [1.54, 1.807) is 0 Å². The SMILES string of the molecule is CNC(=O)[C@@H](NC(=O)c1cc2cc(F)ccc2[nH]1)[C@@H](C)O. The molecule has 1 aromatic heterocycles. The predicted molar refractivity (Wildman–Crippen MR) is 75.3 cm³/mol. The maximum atomic E-state index is 13.1. The molecule has 1 heterocycles. The van der Waals surface area contributed by atoms with Crippen molar-refractivity contribution in [1.82, 2.24) is 15.6 Å². The number of hydrogen-bond acceptors (Lipinski definition) is 3. The Morgan fingerprint density at radius 3 is 2.67 bits per heavy atom. The molecule has 1 aromatic carbocycles. The molecule has 0 saturated heterocycles. The summed E-state index contributed by atoms with van der Waals surface area (Å²) in [5.41, 5.74) is 0.792. The zero-order valence-corrected chi connectivity index (χ0v) is 11.6. The minimum Gasteiger partial charge on any atom is -0.391 e. The molecule has 6 nitrogen and oxygen atoms in total. The minimum absolute atomic E-state index is 0.185. The number of aromatic nitrogens is 1. The van der Waals surface area contributed by atoms with Crippen LogP contribution < -0.4 is 10.6 Å². The molecule has 0 aliphatic rings. The van der Waals surface area contributed by atoms with Crippen molar-refractivity contribution in [2.45, 2.75) is 19.1 Å². The third-order valence-electron chi connectivity index (χ3n) is 3.13. The minimum atomic E-state index is -1.06. The summed E-state index contributed by atoms with van der Waals surface area (Å²) in [4.78, 5) is 26.5. The third-order valence-corrected chi connectivity index (χ3v) is 3.13. The molecular weight excluding hydrogens is 277 g/mol. The van der Waals surface area contributed by atoms with Gasteiger partial charge in [0.05, 0.1) is 6.10 Å². The molecule has 4 N–H and O–H groups in total. The summed E-state index contributed by atoms with van der Waals surface area (Å²) in [5, 5.41) is 14.9. The first-order chi connectivity index (χ1) is 9.92. The molecule has 0 aliphatic carbocycles. The smallest absolute Gasteiger partial charge is 0.268 e. The first kappa shape index (κ1) is 15.0. The Kier molecular flexibility index (Phi) is 4.23. The molecular formula is C14H16FN3O3. The van der Waals surface area contributed by atoms with E-state index in [1.807, 2.05) is 0 Å². The fourth-order valence-corrected chi connectivity index (χ4v) is 2.01. The third kappa shape index (κ3) is 3.19. The monoisotopic (exact) mass is 293 g/mol. The molecule has 0 radical (unpaired) electrons. The van der Waals surface area contributed by atoms with Crippen LogP contribution in [0.5, 0.6) is 0 Å². The van der Waals surface area contributed by atoms with Gasteiger partial charge >= 0.3 is 0 Å². The molecule has 112 valence electrons. The Hall–Kier alpha value is -2.41. The fraction of sp³-hybridized carbons (Fsp3) is 0.286. The number of carbonyl (C=O) groups excluding carboxylic acids is 2. The van der Waals surface area contributed by atoms with Crippen LogP contribution in [0, 0.1) is 5.82 Å². The molecule has 0 spiro atoms. The van der Waals surface area contributed by atoms with Crippen LogP contribution in [0.1, 0.15) is 17.4 Å². The fourth-order valence-electron chi connectivity index (χ4n) is 2.01. The quantitative estimate of drug-likeness (QED) is 0.662. The molecule has 2 atom stereocenters. The highest BCUT2D eigenvalue weighted by atomic mass is 19.1. The Bertz CT molecular complexity index is 681. The number of carbonyl (C=O) groups is 2. The maximum Gasteiger partial charge on any atom is 0.268 e. The molecule has 7 heteroatoms. The Morgan fingerprint density at radius 2 is 2.05 bits per heavy atom. The Balaban J connectivity index is 2.23. The summed E-state index contributed by atoms with van der Waals surface area (Å²) in [7, 11) is 1.41. The lowest BCUT2D eigenvalue weighted by molar-refractivity contribution is -0.124.